The molecular weight excluding hydrogens is 284 g/mol. The van der Waals surface area contributed by atoms with Gasteiger partial charge >= 0.3 is 11.9 Å². The first kappa shape index (κ1) is 18.7. The Balaban J connectivity index is 2.67. The summed E-state index contributed by atoms with van der Waals surface area (Å²) >= 11 is 0. The number of hydrogen-bond donors (Lipinski definition) is 1. The summed E-state index contributed by atoms with van der Waals surface area (Å²) in [4.78, 5) is 23.1. The normalized spacial score (nSPS) is 22.0. The van der Waals surface area contributed by atoms with Crippen LogP contribution in [0.1, 0.15) is 59.8 Å². The van der Waals surface area contributed by atoms with E-state index in [1.807, 2.05) is 6.08 Å². The predicted molar refractivity (Wildman–Crippen MR) is 83.2 cm³/mol. The zero-order valence-corrected chi connectivity index (χ0v) is 14.1. The molecule has 0 aromatic carbocycles. The Morgan fingerprint density at radius 3 is 2.50 bits per heavy atom. The van der Waals surface area contributed by atoms with Gasteiger partial charge in [-0.15, -0.1) is 0 Å². The van der Waals surface area contributed by atoms with E-state index in [4.69, 9.17) is 9.47 Å². The van der Waals surface area contributed by atoms with Crippen LogP contribution in [0.4, 0.5) is 0 Å². The Kier molecular flexibility index (Phi) is 6.60. The lowest BCUT2D eigenvalue weighted by Crippen LogP contribution is -2.51. The minimum absolute atomic E-state index is 0.263. The predicted octanol–water partition coefficient (Wildman–Crippen LogP) is 2.76. The molecule has 126 valence electrons. The monoisotopic (exact) mass is 312 g/mol. The molecule has 1 N–H and O–H groups in total. The molecule has 0 saturated heterocycles. The van der Waals surface area contributed by atoms with Gasteiger partial charge in [-0.2, -0.15) is 0 Å². The highest BCUT2D eigenvalue weighted by atomic mass is 16.5. The third kappa shape index (κ3) is 4.57. The molecule has 0 fully saturated rings. The van der Waals surface area contributed by atoms with Crippen molar-refractivity contribution in [2.75, 3.05) is 13.2 Å². The van der Waals surface area contributed by atoms with Crippen LogP contribution in [0.25, 0.3) is 0 Å². The summed E-state index contributed by atoms with van der Waals surface area (Å²) in [5.74, 6) is -0.585. The molecule has 0 saturated carbocycles. The van der Waals surface area contributed by atoms with Crippen molar-refractivity contribution in [3.05, 3.63) is 11.6 Å². The Bertz CT molecular complexity index is 433. The molecule has 1 unspecified atom stereocenters. The van der Waals surface area contributed by atoms with Gasteiger partial charge in [0.2, 0.25) is 0 Å². The van der Waals surface area contributed by atoms with Gasteiger partial charge in [-0.1, -0.05) is 11.6 Å². The summed E-state index contributed by atoms with van der Waals surface area (Å²) in [5, 5.41) is 10.5. The fourth-order valence-electron chi connectivity index (χ4n) is 2.90. The summed E-state index contributed by atoms with van der Waals surface area (Å²) < 4.78 is 10.1. The van der Waals surface area contributed by atoms with Crippen LogP contribution in [0.3, 0.4) is 0 Å². The summed E-state index contributed by atoms with van der Waals surface area (Å²) in [6, 6.07) is 0. The van der Waals surface area contributed by atoms with E-state index in [1.54, 1.807) is 20.8 Å². The molecule has 0 radical (unpaired) electrons. The lowest BCUT2D eigenvalue weighted by molar-refractivity contribution is -0.173. The van der Waals surface area contributed by atoms with Gasteiger partial charge in [0, 0.05) is 6.92 Å². The summed E-state index contributed by atoms with van der Waals surface area (Å²) in [7, 11) is 0. The number of hydrogen-bond acceptors (Lipinski definition) is 5. The van der Waals surface area contributed by atoms with Crippen LogP contribution >= 0.6 is 0 Å². The van der Waals surface area contributed by atoms with Gasteiger partial charge in [0.15, 0.2) is 0 Å². The van der Waals surface area contributed by atoms with Crippen LogP contribution in [0.2, 0.25) is 0 Å². The average molecular weight is 312 g/mol. The molecule has 5 heteroatoms. The Labute approximate surface area is 132 Å². The van der Waals surface area contributed by atoms with Crippen LogP contribution in [0.15, 0.2) is 11.6 Å². The van der Waals surface area contributed by atoms with Gasteiger partial charge in [-0.05, 0) is 52.9 Å². The van der Waals surface area contributed by atoms with E-state index in [0.717, 1.165) is 19.3 Å². The molecule has 0 amide bonds. The van der Waals surface area contributed by atoms with Crippen molar-refractivity contribution < 1.29 is 24.2 Å². The maximum atomic E-state index is 12.3. The molecule has 5 nitrogen and oxygen atoms in total. The number of rotatable bonds is 7. The molecule has 1 atom stereocenters. The second-order valence-corrected chi connectivity index (χ2v) is 6.37. The van der Waals surface area contributed by atoms with Crippen molar-refractivity contribution in [1.29, 1.82) is 0 Å². The molecule has 0 heterocycles. The number of ether oxygens (including phenoxy) is 2. The lowest BCUT2D eigenvalue weighted by atomic mass is 9.65. The van der Waals surface area contributed by atoms with Crippen molar-refractivity contribution in [2.45, 2.75) is 65.4 Å². The first-order valence-corrected chi connectivity index (χ1v) is 7.94. The molecular formula is C17H28O5. The number of esters is 2. The zero-order chi connectivity index (χ0) is 16.8. The van der Waals surface area contributed by atoms with E-state index in [0.29, 0.717) is 26.1 Å². The number of carbonyl (C=O) groups excluding carboxylic acids is 2. The van der Waals surface area contributed by atoms with E-state index in [-0.39, 0.29) is 11.9 Å². The third-order valence-corrected chi connectivity index (χ3v) is 4.40. The van der Waals surface area contributed by atoms with Crippen LogP contribution in [0, 0.1) is 5.41 Å². The average Bonchev–Trinajstić information content (AvgIpc) is 2.43. The molecule has 22 heavy (non-hydrogen) atoms. The fraction of sp³-hybridized carbons (Fsp3) is 0.765. The Morgan fingerprint density at radius 1 is 1.36 bits per heavy atom. The first-order chi connectivity index (χ1) is 10.2. The fourth-order valence-corrected chi connectivity index (χ4v) is 2.90. The Morgan fingerprint density at radius 2 is 2.05 bits per heavy atom. The van der Waals surface area contributed by atoms with Gasteiger partial charge in [-0.3, -0.25) is 9.59 Å². The largest absolute Gasteiger partial charge is 0.466 e. The number of allylic oxidation sites excluding steroid dienone is 2. The van der Waals surface area contributed by atoms with Crippen molar-refractivity contribution in [3.63, 3.8) is 0 Å². The molecule has 1 rings (SSSR count). The highest BCUT2D eigenvalue weighted by Crippen LogP contribution is 2.45. The summed E-state index contributed by atoms with van der Waals surface area (Å²) in [5.41, 5.74) is -0.752. The van der Waals surface area contributed by atoms with E-state index in [9.17, 15) is 14.7 Å². The van der Waals surface area contributed by atoms with Crippen molar-refractivity contribution >= 4 is 11.9 Å². The minimum atomic E-state index is -1.13. The van der Waals surface area contributed by atoms with Crippen molar-refractivity contribution in [2.24, 2.45) is 5.41 Å². The van der Waals surface area contributed by atoms with E-state index in [2.05, 4.69) is 0 Å². The number of aliphatic hydroxyl groups is 1. The Hall–Kier alpha value is -1.36. The zero-order valence-electron chi connectivity index (χ0n) is 14.1. The van der Waals surface area contributed by atoms with E-state index < -0.39 is 11.0 Å². The minimum Gasteiger partial charge on any atom is -0.466 e. The van der Waals surface area contributed by atoms with Gasteiger partial charge in [0.25, 0.3) is 0 Å². The molecule has 0 spiro atoms. The van der Waals surface area contributed by atoms with Crippen molar-refractivity contribution in [3.8, 4) is 0 Å². The maximum Gasteiger partial charge on any atom is 0.315 e. The maximum absolute atomic E-state index is 12.3. The van der Waals surface area contributed by atoms with Gasteiger partial charge < -0.3 is 14.6 Å². The van der Waals surface area contributed by atoms with Crippen LogP contribution in [0.5, 0.6) is 0 Å². The van der Waals surface area contributed by atoms with Gasteiger partial charge in [-0.25, -0.2) is 0 Å². The molecule has 0 bridgehead atoms. The second kappa shape index (κ2) is 7.77. The topological polar surface area (TPSA) is 72.8 Å². The highest BCUT2D eigenvalue weighted by Gasteiger charge is 2.51. The lowest BCUT2D eigenvalue weighted by Gasteiger charge is -2.43. The summed E-state index contributed by atoms with van der Waals surface area (Å²) in [6.07, 6.45) is 5.47. The molecule has 0 aromatic heterocycles. The van der Waals surface area contributed by atoms with E-state index in [1.165, 1.54) is 12.5 Å². The first-order valence-electron chi connectivity index (χ1n) is 7.94. The van der Waals surface area contributed by atoms with Crippen LogP contribution in [-0.4, -0.2) is 35.9 Å². The molecule has 0 aromatic rings. The number of carbonyl (C=O) groups is 2. The molecule has 1 aliphatic rings. The standard InChI is InChI=1S/C17H28O5/c1-5-21-15(19)17(16(3,4)20)10-8-14(9-11-17)7-6-12-22-13(2)18/h8,20H,5-7,9-12H2,1-4H3. The highest BCUT2D eigenvalue weighted by molar-refractivity contribution is 5.79. The third-order valence-electron chi connectivity index (χ3n) is 4.40. The van der Waals surface area contributed by atoms with E-state index >= 15 is 0 Å². The SMILES string of the molecule is CCOC(=O)C1(C(C)(C)O)CC=C(CCCOC(C)=O)CC1. The quantitative estimate of drug-likeness (QED) is 0.444. The summed E-state index contributed by atoms with van der Waals surface area (Å²) in [6.45, 7) is 7.25. The smallest absolute Gasteiger partial charge is 0.315 e. The van der Waals surface area contributed by atoms with Gasteiger partial charge in [0.1, 0.15) is 0 Å². The van der Waals surface area contributed by atoms with Crippen molar-refractivity contribution in [1.82, 2.24) is 0 Å². The van der Waals surface area contributed by atoms with Crippen LogP contribution < -0.4 is 0 Å². The molecule has 0 aliphatic heterocycles. The second-order valence-electron chi connectivity index (χ2n) is 6.37. The van der Waals surface area contributed by atoms with Crippen LogP contribution in [-0.2, 0) is 19.1 Å². The van der Waals surface area contributed by atoms with Gasteiger partial charge in [0.05, 0.1) is 24.2 Å². The molecule has 1 aliphatic carbocycles.